The summed E-state index contributed by atoms with van der Waals surface area (Å²) in [4.78, 5) is 6.77. The van der Waals surface area contributed by atoms with Crippen LogP contribution in [0.5, 0.6) is 0 Å². The Kier molecular flexibility index (Phi) is 5.88. The van der Waals surface area contributed by atoms with E-state index < -0.39 is 0 Å². The molecule has 0 spiro atoms. The van der Waals surface area contributed by atoms with E-state index >= 15 is 0 Å². The van der Waals surface area contributed by atoms with E-state index in [2.05, 4.69) is 63.6 Å². The van der Waals surface area contributed by atoms with E-state index in [9.17, 15) is 0 Å². The van der Waals surface area contributed by atoms with E-state index in [0.717, 1.165) is 38.6 Å². The van der Waals surface area contributed by atoms with E-state index in [1.807, 2.05) is 30.2 Å². The van der Waals surface area contributed by atoms with Crippen LogP contribution in [0.25, 0.3) is 5.57 Å². The summed E-state index contributed by atoms with van der Waals surface area (Å²) in [7, 11) is 1.86. The molecule has 0 saturated heterocycles. The molecule has 1 aromatic heterocycles. The number of hydrogen-bond acceptors (Lipinski definition) is 2. The fourth-order valence-corrected chi connectivity index (χ4v) is 3.17. The maximum absolute atomic E-state index is 4.46. The topological polar surface area (TPSA) is 45.5 Å². The Hall–Kier alpha value is -2.56. The number of rotatable bonds is 5. The van der Waals surface area contributed by atoms with Gasteiger partial charge in [0.15, 0.2) is 5.96 Å². The Balaban J connectivity index is 1.51. The molecule has 25 heavy (non-hydrogen) atoms. The number of hydrogen-bond donors (Lipinski definition) is 1. The number of nitrogens with one attached hydrogen (secondary N) is 1. The van der Waals surface area contributed by atoms with Crippen molar-refractivity contribution in [3.63, 3.8) is 0 Å². The molecule has 2 aromatic rings. The molecule has 1 N–H and O–H groups in total. The number of guanidine groups is 1. The second-order valence-electron chi connectivity index (χ2n) is 6.55. The molecule has 0 amide bonds. The molecule has 2 heterocycles. The lowest BCUT2D eigenvalue weighted by molar-refractivity contribution is 0.410. The molecule has 5 heteroatoms. The molecule has 132 valence electrons. The summed E-state index contributed by atoms with van der Waals surface area (Å²) in [5.74, 6) is 1.47. The maximum atomic E-state index is 4.46. The van der Waals surface area contributed by atoms with Crippen molar-refractivity contribution in [1.29, 1.82) is 0 Å². The van der Waals surface area contributed by atoms with Gasteiger partial charge in [-0.1, -0.05) is 43.3 Å². The Bertz CT molecular complexity index is 703. The van der Waals surface area contributed by atoms with Crippen molar-refractivity contribution in [2.45, 2.75) is 19.9 Å². The minimum absolute atomic E-state index is 0.483. The molecular formula is C20H27N5. The molecule has 1 aliphatic heterocycles. The van der Waals surface area contributed by atoms with Crippen LogP contribution < -0.4 is 5.32 Å². The highest BCUT2D eigenvalue weighted by molar-refractivity contribution is 5.81. The summed E-state index contributed by atoms with van der Waals surface area (Å²) in [5.41, 5.74) is 2.76. The minimum Gasteiger partial charge on any atom is -0.356 e. The second-order valence-corrected chi connectivity index (χ2v) is 6.55. The number of benzene rings is 1. The second kappa shape index (κ2) is 8.51. The van der Waals surface area contributed by atoms with Gasteiger partial charge < -0.3 is 10.2 Å². The van der Waals surface area contributed by atoms with Crippen molar-refractivity contribution in [2.75, 3.05) is 26.7 Å². The zero-order valence-electron chi connectivity index (χ0n) is 15.1. The summed E-state index contributed by atoms with van der Waals surface area (Å²) in [5, 5.41) is 7.78. The predicted octanol–water partition coefficient (Wildman–Crippen LogP) is 2.88. The average Bonchev–Trinajstić information content (AvgIpc) is 3.16. The van der Waals surface area contributed by atoms with Crippen molar-refractivity contribution in [1.82, 2.24) is 20.0 Å². The van der Waals surface area contributed by atoms with Gasteiger partial charge in [0.05, 0.1) is 0 Å². The molecule has 1 atom stereocenters. The summed E-state index contributed by atoms with van der Waals surface area (Å²) in [6, 6.07) is 12.6. The molecule has 0 fully saturated rings. The standard InChI is InChI=1S/C20H27N5/c1-17(16-25-12-6-11-23-25)15-22-20(21-2)24-13-9-19(10-14-24)18-7-4-3-5-8-18/h3-9,11-12,17H,10,13-16H2,1-2H3,(H,21,22). The highest BCUT2D eigenvalue weighted by Gasteiger charge is 2.16. The van der Waals surface area contributed by atoms with Crippen LogP contribution in [0.4, 0.5) is 0 Å². The zero-order valence-corrected chi connectivity index (χ0v) is 15.1. The smallest absolute Gasteiger partial charge is 0.193 e. The normalized spacial score (nSPS) is 16.5. The molecule has 0 saturated carbocycles. The van der Waals surface area contributed by atoms with Crippen molar-refractivity contribution in [2.24, 2.45) is 10.9 Å². The van der Waals surface area contributed by atoms with Gasteiger partial charge in [0.2, 0.25) is 0 Å². The van der Waals surface area contributed by atoms with Crippen LogP contribution in [0.1, 0.15) is 18.9 Å². The fourth-order valence-electron chi connectivity index (χ4n) is 3.17. The van der Waals surface area contributed by atoms with Gasteiger partial charge in [-0.2, -0.15) is 5.10 Å². The van der Waals surface area contributed by atoms with E-state index in [0.29, 0.717) is 5.92 Å². The van der Waals surface area contributed by atoms with E-state index in [4.69, 9.17) is 0 Å². The molecule has 5 nitrogen and oxygen atoms in total. The summed E-state index contributed by atoms with van der Waals surface area (Å²) < 4.78 is 1.98. The van der Waals surface area contributed by atoms with Crippen LogP contribution in [0, 0.1) is 5.92 Å². The molecule has 1 unspecified atom stereocenters. The highest BCUT2D eigenvalue weighted by Crippen LogP contribution is 2.21. The third kappa shape index (κ3) is 4.72. The number of aliphatic imine (C=N–C) groups is 1. The Morgan fingerprint density at radius 1 is 1.28 bits per heavy atom. The van der Waals surface area contributed by atoms with Gasteiger partial charge in [-0.25, -0.2) is 0 Å². The first kappa shape index (κ1) is 17.3. The van der Waals surface area contributed by atoms with Gasteiger partial charge in [0, 0.05) is 45.6 Å². The van der Waals surface area contributed by atoms with Crippen LogP contribution in [0.3, 0.4) is 0 Å². The molecule has 1 aliphatic rings. The minimum atomic E-state index is 0.483. The Labute approximate surface area is 150 Å². The van der Waals surface area contributed by atoms with Crippen LogP contribution >= 0.6 is 0 Å². The van der Waals surface area contributed by atoms with Crippen molar-refractivity contribution in [3.8, 4) is 0 Å². The van der Waals surface area contributed by atoms with Crippen molar-refractivity contribution in [3.05, 3.63) is 60.4 Å². The van der Waals surface area contributed by atoms with Crippen molar-refractivity contribution >= 4 is 11.5 Å². The third-order valence-corrected chi connectivity index (χ3v) is 4.53. The molecule has 3 rings (SSSR count). The van der Waals surface area contributed by atoms with Gasteiger partial charge in [-0.05, 0) is 29.5 Å². The van der Waals surface area contributed by atoms with Gasteiger partial charge in [-0.15, -0.1) is 0 Å². The lowest BCUT2D eigenvalue weighted by atomic mass is 10.00. The summed E-state index contributed by atoms with van der Waals surface area (Å²) in [6.07, 6.45) is 7.20. The lowest BCUT2D eigenvalue weighted by Gasteiger charge is -2.30. The van der Waals surface area contributed by atoms with Crippen LogP contribution in [0.2, 0.25) is 0 Å². The van der Waals surface area contributed by atoms with Crippen LogP contribution in [0.15, 0.2) is 59.9 Å². The highest BCUT2D eigenvalue weighted by atomic mass is 15.3. The molecule has 1 aromatic carbocycles. The number of nitrogens with zero attached hydrogens (tertiary/aromatic N) is 4. The molecular weight excluding hydrogens is 310 g/mol. The van der Waals surface area contributed by atoms with E-state index in [-0.39, 0.29) is 0 Å². The summed E-state index contributed by atoms with van der Waals surface area (Å²) >= 11 is 0. The lowest BCUT2D eigenvalue weighted by Crippen LogP contribution is -2.45. The fraction of sp³-hybridized carbons (Fsp3) is 0.400. The van der Waals surface area contributed by atoms with Gasteiger partial charge >= 0.3 is 0 Å². The van der Waals surface area contributed by atoms with Crippen LogP contribution in [-0.4, -0.2) is 47.3 Å². The average molecular weight is 337 g/mol. The Morgan fingerprint density at radius 2 is 2.12 bits per heavy atom. The largest absolute Gasteiger partial charge is 0.356 e. The third-order valence-electron chi connectivity index (χ3n) is 4.53. The molecule has 0 aliphatic carbocycles. The van der Waals surface area contributed by atoms with Gasteiger partial charge in [0.25, 0.3) is 0 Å². The van der Waals surface area contributed by atoms with E-state index in [1.54, 1.807) is 0 Å². The van der Waals surface area contributed by atoms with Crippen molar-refractivity contribution < 1.29 is 0 Å². The zero-order chi connectivity index (χ0) is 17.5. The monoisotopic (exact) mass is 337 g/mol. The SMILES string of the molecule is CN=C(NCC(C)Cn1cccn1)N1CC=C(c2ccccc2)CC1. The summed E-state index contributed by atoms with van der Waals surface area (Å²) in [6.45, 7) is 5.92. The first-order chi connectivity index (χ1) is 12.3. The Morgan fingerprint density at radius 3 is 2.76 bits per heavy atom. The predicted molar refractivity (Wildman–Crippen MR) is 103 cm³/mol. The maximum Gasteiger partial charge on any atom is 0.193 e. The van der Waals surface area contributed by atoms with Gasteiger partial charge in [-0.3, -0.25) is 9.67 Å². The first-order valence-corrected chi connectivity index (χ1v) is 8.93. The van der Waals surface area contributed by atoms with Crippen LogP contribution in [-0.2, 0) is 6.54 Å². The quantitative estimate of drug-likeness (QED) is 0.674. The number of aromatic nitrogens is 2. The van der Waals surface area contributed by atoms with E-state index in [1.165, 1.54) is 11.1 Å². The molecule has 0 radical (unpaired) electrons. The van der Waals surface area contributed by atoms with Gasteiger partial charge in [0.1, 0.15) is 0 Å². The first-order valence-electron chi connectivity index (χ1n) is 8.93. The molecule has 0 bridgehead atoms.